The van der Waals surface area contributed by atoms with Gasteiger partial charge in [-0.15, -0.1) is 0 Å². The van der Waals surface area contributed by atoms with E-state index in [2.05, 4.69) is 9.97 Å². The van der Waals surface area contributed by atoms with E-state index in [1.807, 2.05) is 36.4 Å². The second-order valence-corrected chi connectivity index (χ2v) is 5.09. The van der Waals surface area contributed by atoms with Crippen molar-refractivity contribution in [2.75, 3.05) is 13.1 Å². The molecule has 1 aliphatic rings. The molecule has 5 nitrogen and oxygen atoms in total. The lowest BCUT2D eigenvalue weighted by Crippen LogP contribution is -2.29. The lowest BCUT2D eigenvalue weighted by molar-refractivity contribution is -0.125. The first-order valence-corrected chi connectivity index (χ1v) is 7.27. The van der Waals surface area contributed by atoms with E-state index in [1.165, 1.54) is 0 Å². The largest absolute Gasteiger partial charge is 0.458 e. The molecule has 1 saturated heterocycles. The zero-order valence-corrected chi connectivity index (χ0v) is 12.1. The van der Waals surface area contributed by atoms with E-state index in [0.29, 0.717) is 19.1 Å². The number of hydrogen-bond donors (Lipinski definition) is 0. The zero-order chi connectivity index (χ0) is 15.2. The highest BCUT2D eigenvalue weighted by atomic mass is 16.5. The molecule has 0 aliphatic carbocycles. The molecule has 3 rings (SSSR count). The van der Waals surface area contributed by atoms with Crippen LogP contribution in [0.4, 0.5) is 0 Å². The summed E-state index contributed by atoms with van der Waals surface area (Å²) in [6.07, 6.45) is 7.47. The van der Waals surface area contributed by atoms with E-state index >= 15 is 0 Å². The summed E-state index contributed by atoms with van der Waals surface area (Å²) in [5, 5.41) is 0. The van der Waals surface area contributed by atoms with Crippen molar-refractivity contribution in [3.8, 4) is 6.01 Å². The Morgan fingerprint density at radius 1 is 1.18 bits per heavy atom. The van der Waals surface area contributed by atoms with Gasteiger partial charge >= 0.3 is 6.01 Å². The van der Waals surface area contributed by atoms with Crippen molar-refractivity contribution in [2.24, 2.45) is 0 Å². The maximum Gasteiger partial charge on any atom is 0.316 e. The van der Waals surface area contributed by atoms with Crippen molar-refractivity contribution >= 4 is 12.0 Å². The molecule has 22 heavy (non-hydrogen) atoms. The molecule has 0 radical (unpaired) electrons. The van der Waals surface area contributed by atoms with E-state index < -0.39 is 0 Å². The van der Waals surface area contributed by atoms with Crippen LogP contribution in [0, 0.1) is 0 Å². The fourth-order valence-corrected chi connectivity index (χ4v) is 2.36. The summed E-state index contributed by atoms with van der Waals surface area (Å²) in [6, 6.07) is 11.9. The predicted molar refractivity (Wildman–Crippen MR) is 83.1 cm³/mol. The van der Waals surface area contributed by atoms with Crippen LogP contribution in [0.15, 0.2) is 54.9 Å². The number of benzene rings is 1. The van der Waals surface area contributed by atoms with Crippen LogP contribution in [-0.2, 0) is 4.79 Å². The van der Waals surface area contributed by atoms with Crippen LogP contribution in [0.1, 0.15) is 12.0 Å². The van der Waals surface area contributed by atoms with Gasteiger partial charge < -0.3 is 9.64 Å². The molecule has 2 heterocycles. The zero-order valence-electron chi connectivity index (χ0n) is 12.1. The molecule has 112 valence electrons. The van der Waals surface area contributed by atoms with Crippen molar-refractivity contribution in [2.45, 2.75) is 12.5 Å². The van der Waals surface area contributed by atoms with Crippen molar-refractivity contribution in [3.63, 3.8) is 0 Å². The lowest BCUT2D eigenvalue weighted by atomic mass is 10.2. The summed E-state index contributed by atoms with van der Waals surface area (Å²) >= 11 is 0. The van der Waals surface area contributed by atoms with E-state index in [0.717, 1.165) is 12.0 Å². The molecule has 1 fully saturated rings. The van der Waals surface area contributed by atoms with Crippen molar-refractivity contribution in [1.29, 1.82) is 0 Å². The maximum absolute atomic E-state index is 12.2. The van der Waals surface area contributed by atoms with E-state index in [9.17, 15) is 4.79 Å². The van der Waals surface area contributed by atoms with Crippen LogP contribution in [0.25, 0.3) is 6.08 Å². The standard InChI is InChI=1S/C17H17N3O2/c21-16(8-7-14-5-2-1-3-6-14)20-12-9-15(13-20)22-17-18-10-4-11-19-17/h1-8,10-11,15H,9,12-13H2. The first-order chi connectivity index (χ1) is 10.8. The molecule has 5 heteroatoms. The minimum Gasteiger partial charge on any atom is -0.458 e. The van der Waals surface area contributed by atoms with Gasteiger partial charge in [0, 0.05) is 31.4 Å². The molecule has 1 unspecified atom stereocenters. The first-order valence-electron chi connectivity index (χ1n) is 7.27. The number of rotatable bonds is 4. The van der Waals surface area contributed by atoms with Gasteiger partial charge in [-0.2, -0.15) is 0 Å². The molecule has 1 atom stereocenters. The smallest absolute Gasteiger partial charge is 0.316 e. The van der Waals surface area contributed by atoms with Crippen molar-refractivity contribution in [1.82, 2.24) is 14.9 Å². The minimum atomic E-state index is -0.0449. The van der Waals surface area contributed by atoms with Crippen molar-refractivity contribution < 1.29 is 9.53 Å². The Hall–Kier alpha value is -2.69. The minimum absolute atomic E-state index is 0.00364. The number of aromatic nitrogens is 2. The molecule has 0 N–H and O–H groups in total. The molecule has 2 aromatic rings. The normalized spacial score (nSPS) is 17.8. The summed E-state index contributed by atoms with van der Waals surface area (Å²) < 4.78 is 5.68. The van der Waals surface area contributed by atoms with Crippen LogP contribution >= 0.6 is 0 Å². The third kappa shape index (κ3) is 3.69. The van der Waals surface area contributed by atoms with Gasteiger partial charge in [-0.05, 0) is 17.7 Å². The summed E-state index contributed by atoms with van der Waals surface area (Å²) in [5.74, 6) is 0.00364. The highest BCUT2D eigenvalue weighted by molar-refractivity contribution is 5.91. The van der Waals surface area contributed by atoms with Gasteiger partial charge in [0.25, 0.3) is 0 Å². The Morgan fingerprint density at radius 3 is 2.73 bits per heavy atom. The second-order valence-electron chi connectivity index (χ2n) is 5.09. The summed E-state index contributed by atoms with van der Waals surface area (Å²) in [6.45, 7) is 1.26. The highest BCUT2D eigenvalue weighted by Crippen LogP contribution is 2.15. The van der Waals surface area contributed by atoms with Crippen LogP contribution in [-0.4, -0.2) is 40.0 Å². The number of carbonyl (C=O) groups excluding carboxylic acids is 1. The fraction of sp³-hybridized carbons (Fsp3) is 0.235. The van der Waals surface area contributed by atoms with Gasteiger partial charge in [0.15, 0.2) is 0 Å². The number of nitrogens with zero attached hydrogens (tertiary/aromatic N) is 3. The van der Waals surface area contributed by atoms with Crippen LogP contribution in [0.2, 0.25) is 0 Å². The average Bonchev–Trinajstić information content (AvgIpc) is 3.03. The van der Waals surface area contributed by atoms with Gasteiger partial charge in [0.05, 0.1) is 6.54 Å². The fourth-order valence-electron chi connectivity index (χ4n) is 2.36. The molecule has 1 aliphatic heterocycles. The Balaban J connectivity index is 1.54. The van der Waals surface area contributed by atoms with Crippen molar-refractivity contribution in [3.05, 3.63) is 60.4 Å². The van der Waals surface area contributed by atoms with Crippen LogP contribution in [0.5, 0.6) is 6.01 Å². The van der Waals surface area contributed by atoms with Crippen LogP contribution < -0.4 is 4.74 Å². The van der Waals surface area contributed by atoms with E-state index in [1.54, 1.807) is 29.4 Å². The quantitative estimate of drug-likeness (QED) is 0.811. The van der Waals surface area contributed by atoms with Crippen LogP contribution in [0.3, 0.4) is 0 Å². The number of hydrogen-bond acceptors (Lipinski definition) is 4. The molecule has 0 bridgehead atoms. The lowest BCUT2D eigenvalue weighted by Gasteiger charge is -2.14. The predicted octanol–water partition coefficient (Wildman–Crippen LogP) is 2.17. The highest BCUT2D eigenvalue weighted by Gasteiger charge is 2.26. The Bertz CT molecular complexity index is 643. The van der Waals surface area contributed by atoms with E-state index in [4.69, 9.17) is 4.74 Å². The van der Waals surface area contributed by atoms with Gasteiger partial charge in [-0.25, -0.2) is 9.97 Å². The first kappa shape index (κ1) is 14.3. The van der Waals surface area contributed by atoms with Gasteiger partial charge in [0.1, 0.15) is 6.10 Å². The Morgan fingerprint density at radius 2 is 1.95 bits per heavy atom. The molecule has 0 spiro atoms. The molecule has 1 aromatic carbocycles. The summed E-state index contributed by atoms with van der Waals surface area (Å²) in [4.78, 5) is 22.0. The van der Waals surface area contributed by atoms with Gasteiger partial charge in [-0.1, -0.05) is 30.3 Å². The molecular weight excluding hydrogens is 278 g/mol. The number of carbonyl (C=O) groups is 1. The molecule has 1 aromatic heterocycles. The third-order valence-electron chi connectivity index (χ3n) is 3.49. The molecule has 0 saturated carbocycles. The summed E-state index contributed by atoms with van der Waals surface area (Å²) in [5.41, 5.74) is 1.01. The maximum atomic E-state index is 12.2. The molecular formula is C17H17N3O2. The Labute approximate surface area is 129 Å². The number of ether oxygens (including phenoxy) is 1. The van der Waals surface area contributed by atoms with Gasteiger partial charge in [0.2, 0.25) is 5.91 Å². The number of likely N-dealkylation sites (tertiary alicyclic amines) is 1. The topological polar surface area (TPSA) is 55.3 Å². The summed E-state index contributed by atoms with van der Waals surface area (Å²) in [7, 11) is 0. The molecule has 1 amide bonds. The monoisotopic (exact) mass is 295 g/mol. The SMILES string of the molecule is O=C(C=Cc1ccccc1)N1CCC(Oc2ncccn2)C1. The third-order valence-corrected chi connectivity index (χ3v) is 3.49. The number of amides is 1. The second kappa shape index (κ2) is 6.85. The average molecular weight is 295 g/mol. The van der Waals surface area contributed by atoms with Gasteiger partial charge in [-0.3, -0.25) is 4.79 Å². The Kier molecular flexibility index (Phi) is 4.44. The van der Waals surface area contributed by atoms with E-state index in [-0.39, 0.29) is 12.0 Å².